The summed E-state index contributed by atoms with van der Waals surface area (Å²) in [6.07, 6.45) is 4.49. The van der Waals surface area contributed by atoms with Crippen LogP contribution in [-0.4, -0.2) is 19.7 Å². The van der Waals surface area contributed by atoms with E-state index in [1.807, 2.05) is 0 Å². The van der Waals surface area contributed by atoms with Gasteiger partial charge in [0.05, 0.1) is 0 Å². The van der Waals surface area contributed by atoms with Gasteiger partial charge in [-0.25, -0.2) is 0 Å². The van der Waals surface area contributed by atoms with Gasteiger partial charge in [0, 0.05) is 13.5 Å². The number of nitrogens with one attached hydrogen (secondary N) is 1. The Hall–Kier alpha value is -0.860. The molecule has 0 bridgehead atoms. The van der Waals surface area contributed by atoms with Crippen LogP contribution < -0.4 is 5.32 Å². The van der Waals surface area contributed by atoms with E-state index in [4.69, 9.17) is 4.79 Å². The zero-order chi connectivity index (χ0) is 8.24. The Balaban J connectivity index is 0. The molecule has 0 saturated heterocycles. The van der Waals surface area contributed by atoms with Crippen LogP contribution in [0.5, 0.6) is 0 Å². The fourth-order valence-corrected chi connectivity index (χ4v) is 0.287. The Bertz CT molecular complexity index is 74.0. The number of unbranched alkanes of at least 4 members (excludes halogenated alkanes) is 2. The maximum atomic E-state index is 9.56. The normalized spacial score (nSPS) is 7.00. The molecule has 10 heavy (non-hydrogen) atoms. The smallest absolute Gasteiger partial charge is 0.206 e. The minimum absolute atomic E-state index is 0.625. The zero-order valence-corrected chi connectivity index (χ0v) is 6.59. The van der Waals surface area contributed by atoms with Gasteiger partial charge in [0.15, 0.2) is 0 Å². The highest BCUT2D eigenvalue weighted by Gasteiger charge is 1.74. The fraction of sp³-hybridized carbons (Fsp3) is 0.714. The van der Waals surface area contributed by atoms with Crippen molar-refractivity contribution in [2.24, 2.45) is 0 Å². The summed E-state index contributed by atoms with van der Waals surface area (Å²) in [5.41, 5.74) is 0. The standard InChI is InChI=1S/C5H10O.C2H5NO/c1-2-3-4-5-6;1-3-2-4/h5H,2-4H2,1H3;2H,1H3,(H,3,4). The summed E-state index contributed by atoms with van der Waals surface area (Å²) in [7, 11) is 1.56. The molecular formula is C7H15NO2. The molecular weight excluding hydrogens is 130 g/mol. The van der Waals surface area contributed by atoms with Crippen molar-refractivity contribution in [2.75, 3.05) is 7.05 Å². The highest BCUT2D eigenvalue weighted by atomic mass is 16.1. The number of amides is 1. The molecule has 0 saturated carbocycles. The van der Waals surface area contributed by atoms with E-state index in [9.17, 15) is 4.79 Å². The maximum absolute atomic E-state index is 9.56. The molecule has 3 nitrogen and oxygen atoms in total. The quantitative estimate of drug-likeness (QED) is 0.468. The van der Waals surface area contributed by atoms with E-state index in [0.717, 1.165) is 25.5 Å². The Morgan fingerprint density at radius 3 is 2.00 bits per heavy atom. The number of rotatable bonds is 4. The first-order valence-electron chi connectivity index (χ1n) is 3.38. The van der Waals surface area contributed by atoms with Crippen molar-refractivity contribution in [3.8, 4) is 0 Å². The first-order chi connectivity index (χ1) is 4.83. The second-order valence-electron chi connectivity index (χ2n) is 1.72. The minimum Gasteiger partial charge on any atom is -0.362 e. The molecule has 1 N–H and O–H groups in total. The van der Waals surface area contributed by atoms with Crippen molar-refractivity contribution in [2.45, 2.75) is 26.2 Å². The van der Waals surface area contributed by atoms with Gasteiger partial charge in [-0.15, -0.1) is 0 Å². The molecule has 0 aromatic heterocycles. The van der Waals surface area contributed by atoms with Crippen molar-refractivity contribution in [3.05, 3.63) is 0 Å². The van der Waals surface area contributed by atoms with Crippen LogP contribution in [0.3, 0.4) is 0 Å². The molecule has 0 heterocycles. The number of carbonyl (C=O) groups is 2. The summed E-state index contributed by atoms with van der Waals surface area (Å²) in [5.74, 6) is 0. The van der Waals surface area contributed by atoms with Crippen molar-refractivity contribution in [1.82, 2.24) is 5.32 Å². The van der Waals surface area contributed by atoms with E-state index >= 15 is 0 Å². The zero-order valence-electron chi connectivity index (χ0n) is 6.59. The second-order valence-corrected chi connectivity index (χ2v) is 1.72. The topological polar surface area (TPSA) is 46.2 Å². The van der Waals surface area contributed by atoms with Gasteiger partial charge < -0.3 is 10.1 Å². The molecule has 0 aromatic rings. The van der Waals surface area contributed by atoms with E-state index in [0.29, 0.717) is 6.41 Å². The van der Waals surface area contributed by atoms with Gasteiger partial charge >= 0.3 is 0 Å². The lowest BCUT2D eigenvalue weighted by Crippen LogP contribution is -1.98. The lowest BCUT2D eigenvalue weighted by molar-refractivity contribution is -0.109. The largest absolute Gasteiger partial charge is 0.362 e. The second kappa shape index (κ2) is 15.7. The van der Waals surface area contributed by atoms with Gasteiger partial charge in [-0.3, -0.25) is 4.79 Å². The van der Waals surface area contributed by atoms with Gasteiger partial charge in [0.2, 0.25) is 6.41 Å². The first kappa shape index (κ1) is 11.9. The number of aldehydes is 1. The predicted octanol–water partition coefficient (Wildman–Crippen LogP) is 0.738. The summed E-state index contributed by atoms with van der Waals surface area (Å²) in [6.45, 7) is 2.07. The minimum atomic E-state index is 0.625. The van der Waals surface area contributed by atoms with Crippen molar-refractivity contribution < 1.29 is 9.59 Å². The molecule has 0 unspecified atom stereocenters. The van der Waals surface area contributed by atoms with Crippen molar-refractivity contribution in [1.29, 1.82) is 0 Å². The van der Waals surface area contributed by atoms with Gasteiger partial charge in [-0.2, -0.15) is 0 Å². The molecule has 0 aliphatic rings. The van der Waals surface area contributed by atoms with Gasteiger partial charge in [-0.05, 0) is 6.42 Å². The fourth-order valence-electron chi connectivity index (χ4n) is 0.287. The van der Waals surface area contributed by atoms with Crippen LogP contribution in [0.25, 0.3) is 0 Å². The Morgan fingerprint density at radius 2 is 1.90 bits per heavy atom. The maximum Gasteiger partial charge on any atom is 0.206 e. The van der Waals surface area contributed by atoms with Crippen LogP contribution in [0.2, 0.25) is 0 Å². The van der Waals surface area contributed by atoms with Gasteiger partial charge in [0.1, 0.15) is 6.29 Å². The Kier molecular flexibility index (Phi) is 18.7. The van der Waals surface area contributed by atoms with E-state index < -0.39 is 0 Å². The van der Waals surface area contributed by atoms with Crippen molar-refractivity contribution >= 4 is 12.7 Å². The van der Waals surface area contributed by atoms with Gasteiger partial charge in [-0.1, -0.05) is 13.3 Å². The summed E-state index contributed by atoms with van der Waals surface area (Å²) in [4.78, 5) is 18.6. The third-order valence-electron chi connectivity index (χ3n) is 0.793. The van der Waals surface area contributed by atoms with Crippen LogP contribution in [0.4, 0.5) is 0 Å². The Labute approximate surface area is 61.8 Å². The first-order valence-corrected chi connectivity index (χ1v) is 3.38. The average molecular weight is 145 g/mol. The molecule has 0 aliphatic carbocycles. The average Bonchev–Trinajstić information content (AvgIpc) is 2.01. The molecule has 1 amide bonds. The van der Waals surface area contributed by atoms with Crippen molar-refractivity contribution in [3.63, 3.8) is 0 Å². The van der Waals surface area contributed by atoms with Crippen LogP contribution in [0.15, 0.2) is 0 Å². The van der Waals surface area contributed by atoms with E-state index in [1.54, 1.807) is 7.05 Å². The van der Waals surface area contributed by atoms with Crippen LogP contribution in [0, 0.1) is 0 Å². The lowest BCUT2D eigenvalue weighted by Gasteiger charge is -1.79. The number of hydrogen-bond donors (Lipinski definition) is 1. The summed E-state index contributed by atoms with van der Waals surface area (Å²) < 4.78 is 0. The van der Waals surface area contributed by atoms with E-state index in [1.165, 1.54) is 0 Å². The number of hydrogen-bond acceptors (Lipinski definition) is 2. The van der Waals surface area contributed by atoms with E-state index in [2.05, 4.69) is 12.2 Å². The SMILES string of the molecule is CCCCC=O.CNC=O. The molecule has 0 aromatic carbocycles. The molecule has 0 atom stereocenters. The summed E-state index contributed by atoms with van der Waals surface area (Å²) >= 11 is 0. The summed E-state index contributed by atoms with van der Waals surface area (Å²) in [6, 6.07) is 0. The van der Waals surface area contributed by atoms with Crippen LogP contribution in [0.1, 0.15) is 26.2 Å². The third kappa shape index (κ3) is 27.3. The molecule has 0 rings (SSSR count). The molecule has 0 radical (unpaired) electrons. The highest BCUT2D eigenvalue weighted by molar-refractivity contribution is 5.48. The third-order valence-corrected chi connectivity index (χ3v) is 0.793. The van der Waals surface area contributed by atoms with Gasteiger partial charge in [0.25, 0.3) is 0 Å². The summed E-state index contributed by atoms with van der Waals surface area (Å²) in [5, 5.41) is 2.25. The molecule has 0 aliphatic heterocycles. The molecule has 3 heteroatoms. The Morgan fingerprint density at radius 1 is 1.40 bits per heavy atom. The van der Waals surface area contributed by atoms with Crippen LogP contribution >= 0.6 is 0 Å². The van der Waals surface area contributed by atoms with Crippen LogP contribution in [-0.2, 0) is 9.59 Å². The lowest BCUT2D eigenvalue weighted by atomic mass is 10.3. The molecule has 0 fully saturated rings. The monoisotopic (exact) mass is 145 g/mol. The molecule has 0 spiro atoms. The predicted molar refractivity (Wildman–Crippen MR) is 40.7 cm³/mol. The number of carbonyl (C=O) groups excluding carboxylic acids is 2. The molecule has 60 valence electrons. The van der Waals surface area contributed by atoms with E-state index in [-0.39, 0.29) is 0 Å². The highest BCUT2D eigenvalue weighted by Crippen LogP contribution is 1.87.